The van der Waals surface area contributed by atoms with Crippen LogP contribution in [0.2, 0.25) is 0 Å². The summed E-state index contributed by atoms with van der Waals surface area (Å²) in [5, 5.41) is 5.13. The Kier molecular flexibility index (Phi) is 4.37. The summed E-state index contributed by atoms with van der Waals surface area (Å²) in [6.45, 7) is 0. The molecule has 1 aliphatic rings. The average molecular weight is 327 g/mol. The highest BCUT2D eigenvalue weighted by molar-refractivity contribution is 5.93. The second-order valence-corrected chi connectivity index (χ2v) is 5.68. The van der Waals surface area contributed by atoms with Crippen molar-refractivity contribution in [2.45, 2.75) is 31.3 Å². The van der Waals surface area contributed by atoms with Crippen molar-refractivity contribution in [3.63, 3.8) is 0 Å². The van der Waals surface area contributed by atoms with Crippen LogP contribution in [0.3, 0.4) is 0 Å². The molecule has 0 spiro atoms. The van der Waals surface area contributed by atoms with Crippen molar-refractivity contribution >= 4 is 28.8 Å². The van der Waals surface area contributed by atoms with Crippen LogP contribution in [-0.2, 0) is 20.8 Å². The van der Waals surface area contributed by atoms with Crippen LogP contribution in [0.5, 0.6) is 0 Å². The second kappa shape index (κ2) is 6.61. The van der Waals surface area contributed by atoms with Gasteiger partial charge in [0.05, 0.1) is 16.7 Å². The van der Waals surface area contributed by atoms with Crippen molar-refractivity contribution in [1.82, 2.24) is 20.6 Å². The van der Waals surface area contributed by atoms with Crippen molar-refractivity contribution < 1.29 is 14.4 Å². The quantitative estimate of drug-likeness (QED) is 0.677. The molecule has 8 heteroatoms. The number of fused-ring (bicyclic) bond motifs is 1. The largest absolute Gasteiger partial charge is 0.368 e. The number of hydrogen-bond donors (Lipinski definition) is 3. The maximum absolute atomic E-state index is 12.1. The van der Waals surface area contributed by atoms with Crippen LogP contribution in [-0.4, -0.2) is 39.8 Å². The minimum atomic E-state index is -0.912. The fraction of sp³-hybridized carbons (Fsp3) is 0.312. The molecule has 2 aromatic rings. The summed E-state index contributed by atoms with van der Waals surface area (Å²) in [6.07, 6.45) is 2.41. The predicted octanol–water partition coefficient (Wildman–Crippen LogP) is -0.579. The first-order chi connectivity index (χ1) is 11.5. The summed E-state index contributed by atoms with van der Waals surface area (Å²) in [5.74, 6) is -1.26. The SMILES string of the molecule is NC(=O)[C@H](Cc1cnc2ccccc2n1)NC(=O)[C@@H]1CCC(=O)N1. The highest BCUT2D eigenvalue weighted by Gasteiger charge is 2.30. The lowest BCUT2D eigenvalue weighted by Gasteiger charge is -2.18. The van der Waals surface area contributed by atoms with Crippen LogP contribution in [0, 0.1) is 0 Å². The van der Waals surface area contributed by atoms with Crippen LogP contribution in [0.25, 0.3) is 11.0 Å². The molecule has 1 saturated heterocycles. The number of nitrogens with two attached hydrogens (primary N) is 1. The molecule has 1 aromatic heterocycles. The van der Waals surface area contributed by atoms with Gasteiger partial charge in [0.1, 0.15) is 12.1 Å². The monoisotopic (exact) mass is 327 g/mol. The van der Waals surface area contributed by atoms with Gasteiger partial charge in [-0.1, -0.05) is 12.1 Å². The van der Waals surface area contributed by atoms with E-state index >= 15 is 0 Å². The number of rotatable bonds is 5. The smallest absolute Gasteiger partial charge is 0.243 e. The Morgan fingerprint density at radius 1 is 1.33 bits per heavy atom. The minimum Gasteiger partial charge on any atom is -0.368 e. The number of aromatic nitrogens is 2. The molecule has 0 bridgehead atoms. The number of carbonyl (C=O) groups is 3. The molecular formula is C16H17N5O3. The number of amides is 3. The van der Waals surface area contributed by atoms with Crippen LogP contribution >= 0.6 is 0 Å². The van der Waals surface area contributed by atoms with E-state index in [0.717, 1.165) is 5.52 Å². The zero-order valence-electron chi connectivity index (χ0n) is 12.9. The van der Waals surface area contributed by atoms with Crippen molar-refractivity contribution in [3.8, 4) is 0 Å². The van der Waals surface area contributed by atoms with E-state index in [1.54, 1.807) is 6.20 Å². The molecular weight excluding hydrogens is 310 g/mol. The van der Waals surface area contributed by atoms with E-state index in [9.17, 15) is 14.4 Å². The van der Waals surface area contributed by atoms with Crippen molar-refractivity contribution in [1.29, 1.82) is 0 Å². The Morgan fingerprint density at radius 3 is 2.75 bits per heavy atom. The van der Waals surface area contributed by atoms with E-state index in [0.29, 0.717) is 24.1 Å². The maximum Gasteiger partial charge on any atom is 0.243 e. The van der Waals surface area contributed by atoms with Crippen LogP contribution < -0.4 is 16.4 Å². The number of carbonyl (C=O) groups excluding carboxylic acids is 3. The second-order valence-electron chi connectivity index (χ2n) is 5.68. The molecule has 3 amide bonds. The number of benzene rings is 1. The van der Waals surface area contributed by atoms with Gasteiger partial charge in [0.15, 0.2) is 0 Å². The average Bonchev–Trinajstić information content (AvgIpc) is 3.00. The molecule has 124 valence electrons. The molecule has 2 heterocycles. The summed E-state index contributed by atoms with van der Waals surface area (Å²) >= 11 is 0. The van der Waals surface area contributed by atoms with E-state index < -0.39 is 23.9 Å². The molecule has 1 aliphatic heterocycles. The Balaban J connectivity index is 1.72. The van der Waals surface area contributed by atoms with Gasteiger partial charge in [0.25, 0.3) is 0 Å². The first-order valence-electron chi connectivity index (χ1n) is 7.62. The summed E-state index contributed by atoms with van der Waals surface area (Å²) < 4.78 is 0. The molecule has 0 aliphatic carbocycles. The Labute approximate surface area is 137 Å². The molecule has 24 heavy (non-hydrogen) atoms. The number of nitrogens with zero attached hydrogens (tertiary/aromatic N) is 2. The fourth-order valence-corrected chi connectivity index (χ4v) is 2.61. The lowest BCUT2D eigenvalue weighted by molar-refractivity contribution is -0.129. The van der Waals surface area contributed by atoms with Gasteiger partial charge < -0.3 is 16.4 Å². The summed E-state index contributed by atoms with van der Waals surface area (Å²) in [4.78, 5) is 43.7. The van der Waals surface area contributed by atoms with E-state index in [1.165, 1.54) is 0 Å². The topological polar surface area (TPSA) is 127 Å². The van der Waals surface area contributed by atoms with Crippen molar-refractivity contribution in [2.24, 2.45) is 5.73 Å². The van der Waals surface area contributed by atoms with E-state index in [4.69, 9.17) is 5.73 Å². The van der Waals surface area contributed by atoms with Gasteiger partial charge in [0, 0.05) is 19.0 Å². The van der Waals surface area contributed by atoms with Gasteiger partial charge >= 0.3 is 0 Å². The Bertz CT molecular complexity index is 807. The molecule has 2 atom stereocenters. The molecule has 4 N–H and O–H groups in total. The number of primary amides is 1. The Hall–Kier alpha value is -3.03. The maximum atomic E-state index is 12.1. The summed E-state index contributed by atoms with van der Waals surface area (Å²) in [5.41, 5.74) is 7.38. The highest BCUT2D eigenvalue weighted by Crippen LogP contribution is 2.11. The lowest BCUT2D eigenvalue weighted by atomic mass is 10.1. The van der Waals surface area contributed by atoms with Gasteiger partial charge in [-0.2, -0.15) is 0 Å². The third kappa shape index (κ3) is 3.48. The third-order valence-corrected chi connectivity index (χ3v) is 3.88. The zero-order chi connectivity index (χ0) is 17.1. The van der Waals surface area contributed by atoms with Crippen LogP contribution in [0.1, 0.15) is 18.5 Å². The van der Waals surface area contributed by atoms with E-state index in [-0.39, 0.29) is 12.3 Å². The fourth-order valence-electron chi connectivity index (χ4n) is 2.61. The Morgan fingerprint density at radius 2 is 2.08 bits per heavy atom. The van der Waals surface area contributed by atoms with Crippen molar-refractivity contribution in [3.05, 3.63) is 36.2 Å². The molecule has 1 fully saturated rings. The van der Waals surface area contributed by atoms with Gasteiger partial charge in [-0.25, -0.2) is 4.98 Å². The van der Waals surface area contributed by atoms with Crippen LogP contribution in [0.4, 0.5) is 0 Å². The predicted molar refractivity (Wildman–Crippen MR) is 85.5 cm³/mol. The highest BCUT2D eigenvalue weighted by atomic mass is 16.2. The summed E-state index contributed by atoms with van der Waals surface area (Å²) in [6, 6.07) is 5.82. The van der Waals surface area contributed by atoms with Gasteiger partial charge in [-0.15, -0.1) is 0 Å². The van der Waals surface area contributed by atoms with E-state index in [2.05, 4.69) is 20.6 Å². The number of para-hydroxylation sites is 2. The van der Waals surface area contributed by atoms with Gasteiger partial charge in [0.2, 0.25) is 17.7 Å². The third-order valence-electron chi connectivity index (χ3n) is 3.88. The molecule has 1 aromatic carbocycles. The molecule has 0 unspecified atom stereocenters. The molecule has 0 saturated carbocycles. The summed E-state index contributed by atoms with van der Waals surface area (Å²) in [7, 11) is 0. The standard InChI is InChI=1S/C16H17N5O3/c17-15(23)13(21-16(24)12-5-6-14(22)20-12)7-9-8-18-10-3-1-2-4-11(10)19-9/h1-4,8,12-13H,5-7H2,(H2,17,23)(H,20,22)(H,21,24)/t12-,13-/m0/s1. The molecule has 0 radical (unpaired) electrons. The molecule has 8 nitrogen and oxygen atoms in total. The normalized spacial score (nSPS) is 18.2. The number of nitrogens with one attached hydrogen (secondary N) is 2. The minimum absolute atomic E-state index is 0.138. The zero-order valence-corrected chi connectivity index (χ0v) is 12.9. The van der Waals surface area contributed by atoms with Crippen molar-refractivity contribution in [2.75, 3.05) is 0 Å². The first-order valence-corrected chi connectivity index (χ1v) is 7.62. The van der Waals surface area contributed by atoms with E-state index in [1.807, 2.05) is 24.3 Å². The van der Waals surface area contributed by atoms with Gasteiger partial charge in [-0.05, 0) is 18.6 Å². The lowest BCUT2D eigenvalue weighted by Crippen LogP contribution is -2.51. The van der Waals surface area contributed by atoms with Crippen LogP contribution in [0.15, 0.2) is 30.5 Å². The number of hydrogen-bond acceptors (Lipinski definition) is 5. The van der Waals surface area contributed by atoms with Gasteiger partial charge in [-0.3, -0.25) is 19.4 Å². The first kappa shape index (κ1) is 15.9. The molecule has 3 rings (SSSR count).